The average Bonchev–Trinajstić information content (AvgIpc) is 3.07. The quantitative estimate of drug-likeness (QED) is 0.833. The minimum Gasteiger partial charge on any atom is -0.343 e. The molecule has 0 saturated carbocycles. The second kappa shape index (κ2) is 7.40. The van der Waals surface area contributed by atoms with Gasteiger partial charge in [0.15, 0.2) is 0 Å². The lowest BCUT2D eigenvalue weighted by atomic mass is 9.84. The van der Waals surface area contributed by atoms with E-state index in [-0.39, 0.29) is 0 Å². The van der Waals surface area contributed by atoms with Crippen molar-refractivity contribution in [2.24, 2.45) is 0 Å². The topological polar surface area (TPSA) is 23.6 Å². The summed E-state index contributed by atoms with van der Waals surface area (Å²) in [6.07, 6.45) is 2.84. The van der Waals surface area contributed by atoms with Crippen molar-refractivity contribution in [3.63, 3.8) is 0 Å². The van der Waals surface area contributed by atoms with Crippen LogP contribution in [-0.4, -0.2) is 41.9 Å². The lowest BCUT2D eigenvalue weighted by Gasteiger charge is -2.35. The fourth-order valence-corrected chi connectivity index (χ4v) is 4.25. The Morgan fingerprint density at radius 1 is 0.960 bits per heavy atom. The lowest BCUT2D eigenvalue weighted by molar-refractivity contribution is -0.127. The first kappa shape index (κ1) is 16.3. The summed E-state index contributed by atoms with van der Waals surface area (Å²) >= 11 is 0. The van der Waals surface area contributed by atoms with Gasteiger partial charge in [0.2, 0.25) is 5.91 Å². The van der Waals surface area contributed by atoms with Crippen LogP contribution in [0.2, 0.25) is 0 Å². The number of rotatable bonds is 5. The van der Waals surface area contributed by atoms with Crippen molar-refractivity contribution in [2.75, 3.05) is 26.2 Å². The van der Waals surface area contributed by atoms with E-state index in [1.807, 2.05) is 4.90 Å². The number of amides is 1. The minimum atomic E-state index is 0.339. The molecule has 0 unspecified atom stereocenters. The predicted octanol–water partition coefficient (Wildman–Crippen LogP) is 3.65. The molecular weight excluding hydrogens is 308 g/mol. The van der Waals surface area contributed by atoms with Gasteiger partial charge in [-0.2, -0.15) is 0 Å². The largest absolute Gasteiger partial charge is 0.343 e. The molecule has 130 valence electrons. The van der Waals surface area contributed by atoms with E-state index >= 15 is 0 Å². The van der Waals surface area contributed by atoms with Gasteiger partial charge in [0.1, 0.15) is 0 Å². The van der Waals surface area contributed by atoms with Crippen molar-refractivity contribution in [1.82, 2.24) is 9.80 Å². The summed E-state index contributed by atoms with van der Waals surface area (Å²) in [6.45, 7) is 5.01. The van der Waals surface area contributed by atoms with Crippen molar-refractivity contribution in [3.05, 3.63) is 71.3 Å². The van der Waals surface area contributed by atoms with Crippen LogP contribution in [0, 0.1) is 0 Å². The van der Waals surface area contributed by atoms with Gasteiger partial charge in [0, 0.05) is 45.1 Å². The van der Waals surface area contributed by atoms with Crippen molar-refractivity contribution in [2.45, 2.75) is 31.7 Å². The molecule has 0 aromatic heterocycles. The summed E-state index contributed by atoms with van der Waals surface area (Å²) in [4.78, 5) is 16.4. The molecule has 1 amide bonds. The number of carbonyl (C=O) groups excluding carboxylic acids is 1. The molecule has 1 atom stereocenters. The molecule has 2 aromatic rings. The van der Waals surface area contributed by atoms with E-state index in [1.165, 1.54) is 16.7 Å². The number of likely N-dealkylation sites (tertiary alicyclic amines) is 1. The molecular formula is C22H26N2O. The Bertz CT molecular complexity index is 728. The van der Waals surface area contributed by atoms with Gasteiger partial charge in [-0.15, -0.1) is 0 Å². The average molecular weight is 334 g/mol. The third kappa shape index (κ3) is 3.62. The Morgan fingerprint density at radius 2 is 1.76 bits per heavy atom. The number of hydrogen-bond donors (Lipinski definition) is 0. The number of nitrogens with zero attached hydrogens (tertiary/aromatic N) is 2. The number of benzene rings is 2. The molecule has 2 aliphatic rings. The summed E-state index contributed by atoms with van der Waals surface area (Å²) in [5.41, 5.74) is 4.31. The van der Waals surface area contributed by atoms with Crippen LogP contribution in [0.25, 0.3) is 0 Å². The fourth-order valence-electron chi connectivity index (χ4n) is 4.25. The molecule has 0 bridgehead atoms. The van der Waals surface area contributed by atoms with Gasteiger partial charge in [-0.3, -0.25) is 9.69 Å². The van der Waals surface area contributed by atoms with E-state index in [4.69, 9.17) is 0 Å². The number of fused-ring (bicyclic) bond motifs is 1. The maximum absolute atomic E-state index is 11.8. The second-order valence-corrected chi connectivity index (χ2v) is 7.24. The third-order valence-corrected chi connectivity index (χ3v) is 5.54. The standard InChI is InChI=1S/C22H26N2O/c25-22-12-6-14-24(22)15-7-13-23-16-19-10-4-5-11-20(19)21(17-23)18-8-2-1-3-9-18/h1-5,8-11,21H,6-7,12-17H2/t21-/m0/s1. The summed E-state index contributed by atoms with van der Waals surface area (Å²) in [6, 6.07) is 19.7. The van der Waals surface area contributed by atoms with Crippen LogP contribution in [0.4, 0.5) is 0 Å². The monoisotopic (exact) mass is 334 g/mol. The Kier molecular flexibility index (Phi) is 4.84. The van der Waals surface area contributed by atoms with Crippen LogP contribution in [0.5, 0.6) is 0 Å². The Labute approximate surface area is 150 Å². The van der Waals surface area contributed by atoms with E-state index in [2.05, 4.69) is 59.5 Å². The van der Waals surface area contributed by atoms with Gasteiger partial charge in [0.05, 0.1) is 0 Å². The van der Waals surface area contributed by atoms with E-state index < -0.39 is 0 Å². The van der Waals surface area contributed by atoms with Gasteiger partial charge >= 0.3 is 0 Å². The molecule has 0 N–H and O–H groups in total. The maximum Gasteiger partial charge on any atom is 0.222 e. The Balaban J connectivity index is 1.45. The summed E-state index contributed by atoms with van der Waals surface area (Å²) in [5, 5.41) is 0. The van der Waals surface area contributed by atoms with E-state index in [0.29, 0.717) is 11.8 Å². The summed E-state index contributed by atoms with van der Waals surface area (Å²) in [7, 11) is 0. The fraction of sp³-hybridized carbons (Fsp3) is 0.409. The highest BCUT2D eigenvalue weighted by molar-refractivity contribution is 5.77. The zero-order valence-corrected chi connectivity index (χ0v) is 14.7. The Morgan fingerprint density at radius 3 is 2.56 bits per heavy atom. The maximum atomic E-state index is 11.8. The van der Waals surface area contributed by atoms with Crippen molar-refractivity contribution in [1.29, 1.82) is 0 Å². The van der Waals surface area contributed by atoms with Gasteiger partial charge < -0.3 is 4.90 Å². The van der Waals surface area contributed by atoms with Crippen LogP contribution in [-0.2, 0) is 11.3 Å². The van der Waals surface area contributed by atoms with Crippen LogP contribution < -0.4 is 0 Å². The molecule has 2 aromatic carbocycles. The lowest BCUT2D eigenvalue weighted by Crippen LogP contribution is -2.36. The number of hydrogen-bond acceptors (Lipinski definition) is 2. The van der Waals surface area contributed by atoms with Crippen LogP contribution >= 0.6 is 0 Å². The summed E-state index contributed by atoms with van der Waals surface area (Å²) < 4.78 is 0. The van der Waals surface area contributed by atoms with Crippen molar-refractivity contribution < 1.29 is 4.79 Å². The number of carbonyl (C=O) groups is 1. The molecule has 3 nitrogen and oxygen atoms in total. The van der Waals surface area contributed by atoms with Crippen LogP contribution in [0.15, 0.2) is 54.6 Å². The minimum absolute atomic E-state index is 0.339. The molecule has 1 fully saturated rings. The molecule has 2 heterocycles. The molecule has 1 saturated heterocycles. The first-order chi connectivity index (χ1) is 12.3. The zero-order chi connectivity index (χ0) is 17.1. The smallest absolute Gasteiger partial charge is 0.222 e. The molecule has 0 radical (unpaired) electrons. The highest BCUT2D eigenvalue weighted by atomic mass is 16.2. The second-order valence-electron chi connectivity index (χ2n) is 7.24. The van der Waals surface area contributed by atoms with Crippen LogP contribution in [0.3, 0.4) is 0 Å². The molecule has 0 spiro atoms. The van der Waals surface area contributed by atoms with E-state index in [1.54, 1.807) is 0 Å². The van der Waals surface area contributed by atoms with E-state index in [9.17, 15) is 4.79 Å². The highest BCUT2D eigenvalue weighted by Crippen LogP contribution is 2.33. The van der Waals surface area contributed by atoms with Crippen molar-refractivity contribution >= 4 is 5.91 Å². The SMILES string of the molecule is O=C1CCCN1CCCN1Cc2ccccc2[C@H](c2ccccc2)C1. The molecule has 2 aliphatic heterocycles. The van der Waals surface area contributed by atoms with Crippen molar-refractivity contribution in [3.8, 4) is 0 Å². The molecule has 25 heavy (non-hydrogen) atoms. The molecule has 0 aliphatic carbocycles. The van der Waals surface area contributed by atoms with Gasteiger partial charge in [-0.05, 0) is 29.5 Å². The van der Waals surface area contributed by atoms with Gasteiger partial charge in [-0.1, -0.05) is 54.6 Å². The predicted molar refractivity (Wildman–Crippen MR) is 100 cm³/mol. The normalized spacial score (nSPS) is 20.7. The van der Waals surface area contributed by atoms with E-state index in [0.717, 1.165) is 52.0 Å². The van der Waals surface area contributed by atoms with Gasteiger partial charge in [0.25, 0.3) is 0 Å². The van der Waals surface area contributed by atoms with Crippen LogP contribution in [0.1, 0.15) is 41.9 Å². The third-order valence-electron chi connectivity index (χ3n) is 5.54. The summed E-state index contributed by atoms with van der Waals surface area (Å²) in [5.74, 6) is 0.783. The first-order valence-electron chi connectivity index (χ1n) is 9.44. The molecule has 4 rings (SSSR count). The Hall–Kier alpha value is -2.13. The highest BCUT2D eigenvalue weighted by Gasteiger charge is 2.26. The zero-order valence-electron chi connectivity index (χ0n) is 14.7. The molecule has 3 heteroatoms. The van der Waals surface area contributed by atoms with Gasteiger partial charge in [-0.25, -0.2) is 0 Å². The first-order valence-corrected chi connectivity index (χ1v) is 9.44.